The zero-order valence-corrected chi connectivity index (χ0v) is 14.4. The zero-order chi connectivity index (χ0) is 18.5. The van der Waals surface area contributed by atoms with E-state index in [4.69, 9.17) is 9.37 Å². The number of rotatable bonds is 6. The fourth-order valence-corrected chi connectivity index (χ4v) is 2.38. The fraction of sp³-hybridized carbons (Fsp3) is 0.211. The molecule has 0 saturated carbocycles. The van der Waals surface area contributed by atoms with E-state index in [-0.39, 0.29) is 11.6 Å². The van der Waals surface area contributed by atoms with E-state index < -0.39 is 17.8 Å². The Morgan fingerprint density at radius 3 is 2.62 bits per heavy atom. The standard InChI is InChI=1S/C19H18FN3O3/c1-3-15(25-16-7-5-4-6-14(16)20)19(24)21-18-17(22-26-23-18)13-10-8-12(2)9-11-13/h4-11,15H,3H2,1-2H3,(H,21,23,24)/t15-/m1/s1. The first-order valence-electron chi connectivity index (χ1n) is 8.20. The van der Waals surface area contributed by atoms with Crippen LogP contribution in [0.5, 0.6) is 5.75 Å². The van der Waals surface area contributed by atoms with E-state index in [1.165, 1.54) is 12.1 Å². The Labute approximate surface area is 149 Å². The maximum Gasteiger partial charge on any atom is 0.266 e. The van der Waals surface area contributed by atoms with Crippen molar-refractivity contribution in [1.29, 1.82) is 0 Å². The SMILES string of the molecule is CC[C@@H](Oc1ccccc1F)C(=O)Nc1nonc1-c1ccc(C)cc1. The molecule has 0 aliphatic heterocycles. The van der Waals surface area contributed by atoms with Crippen molar-refractivity contribution < 1.29 is 18.6 Å². The van der Waals surface area contributed by atoms with Crippen LogP contribution in [0.2, 0.25) is 0 Å². The number of aryl methyl sites for hydroxylation is 1. The topological polar surface area (TPSA) is 77.2 Å². The lowest BCUT2D eigenvalue weighted by molar-refractivity contribution is -0.122. The first-order valence-corrected chi connectivity index (χ1v) is 8.20. The van der Waals surface area contributed by atoms with Crippen LogP contribution in [-0.2, 0) is 4.79 Å². The highest BCUT2D eigenvalue weighted by molar-refractivity contribution is 5.96. The zero-order valence-electron chi connectivity index (χ0n) is 14.4. The van der Waals surface area contributed by atoms with Gasteiger partial charge in [0.2, 0.25) is 5.82 Å². The van der Waals surface area contributed by atoms with Crippen molar-refractivity contribution in [2.45, 2.75) is 26.4 Å². The van der Waals surface area contributed by atoms with E-state index in [1.807, 2.05) is 31.2 Å². The summed E-state index contributed by atoms with van der Waals surface area (Å²) in [7, 11) is 0. The van der Waals surface area contributed by atoms with Gasteiger partial charge in [-0.15, -0.1) is 0 Å². The first kappa shape index (κ1) is 17.6. The minimum atomic E-state index is -0.880. The molecule has 0 bridgehead atoms. The van der Waals surface area contributed by atoms with Crippen molar-refractivity contribution in [1.82, 2.24) is 10.3 Å². The van der Waals surface area contributed by atoms with Gasteiger partial charge in [-0.25, -0.2) is 9.02 Å². The van der Waals surface area contributed by atoms with E-state index in [1.54, 1.807) is 19.1 Å². The van der Waals surface area contributed by atoms with E-state index >= 15 is 0 Å². The van der Waals surface area contributed by atoms with Crippen molar-refractivity contribution >= 4 is 11.7 Å². The third-order valence-electron chi connectivity index (χ3n) is 3.82. The Bertz CT molecular complexity index is 893. The van der Waals surface area contributed by atoms with Gasteiger partial charge in [0.25, 0.3) is 5.91 Å². The van der Waals surface area contributed by atoms with Crippen LogP contribution in [0.1, 0.15) is 18.9 Å². The Morgan fingerprint density at radius 2 is 1.92 bits per heavy atom. The van der Waals surface area contributed by atoms with Gasteiger partial charge >= 0.3 is 0 Å². The van der Waals surface area contributed by atoms with Gasteiger partial charge in [0.1, 0.15) is 0 Å². The number of anilines is 1. The number of hydrogen-bond donors (Lipinski definition) is 1. The van der Waals surface area contributed by atoms with Crippen LogP contribution in [0.4, 0.5) is 10.2 Å². The number of halogens is 1. The quantitative estimate of drug-likeness (QED) is 0.724. The third kappa shape index (κ3) is 3.88. The summed E-state index contributed by atoms with van der Waals surface area (Å²) in [5, 5.41) is 10.2. The number of benzene rings is 2. The summed E-state index contributed by atoms with van der Waals surface area (Å²) in [4.78, 5) is 12.5. The van der Waals surface area contributed by atoms with E-state index in [2.05, 4.69) is 15.6 Å². The second-order valence-electron chi connectivity index (χ2n) is 5.76. The predicted molar refractivity (Wildman–Crippen MR) is 94.2 cm³/mol. The molecule has 0 fully saturated rings. The summed E-state index contributed by atoms with van der Waals surface area (Å²) in [5.74, 6) is -0.775. The van der Waals surface area contributed by atoms with Crippen molar-refractivity contribution in [3.63, 3.8) is 0 Å². The molecule has 0 unspecified atom stereocenters. The molecule has 26 heavy (non-hydrogen) atoms. The number of para-hydroxylation sites is 1. The first-order chi connectivity index (χ1) is 12.6. The maximum atomic E-state index is 13.8. The van der Waals surface area contributed by atoms with Gasteiger partial charge in [-0.2, -0.15) is 0 Å². The molecule has 1 heterocycles. The van der Waals surface area contributed by atoms with Crippen LogP contribution in [-0.4, -0.2) is 22.3 Å². The number of carbonyl (C=O) groups is 1. The minimum absolute atomic E-state index is 0.0199. The van der Waals surface area contributed by atoms with Crippen LogP contribution >= 0.6 is 0 Å². The van der Waals surface area contributed by atoms with Crippen molar-refractivity contribution in [2.75, 3.05) is 5.32 Å². The largest absolute Gasteiger partial charge is 0.478 e. The number of aromatic nitrogens is 2. The van der Waals surface area contributed by atoms with Crippen LogP contribution in [0.3, 0.4) is 0 Å². The van der Waals surface area contributed by atoms with E-state index in [9.17, 15) is 9.18 Å². The second kappa shape index (κ2) is 7.77. The van der Waals surface area contributed by atoms with Crippen molar-refractivity contribution in [2.24, 2.45) is 0 Å². The third-order valence-corrected chi connectivity index (χ3v) is 3.82. The van der Waals surface area contributed by atoms with Gasteiger partial charge in [0, 0.05) is 5.56 Å². The average molecular weight is 355 g/mol. The molecular formula is C19H18FN3O3. The molecule has 1 N–H and O–H groups in total. The van der Waals surface area contributed by atoms with Gasteiger partial charge < -0.3 is 10.1 Å². The number of amides is 1. The smallest absolute Gasteiger partial charge is 0.266 e. The molecule has 134 valence electrons. The molecule has 3 aromatic rings. The summed E-state index contributed by atoms with van der Waals surface area (Å²) in [6, 6.07) is 13.5. The molecule has 0 radical (unpaired) electrons. The van der Waals surface area contributed by atoms with Gasteiger partial charge in [-0.3, -0.25) is 4.79 Å². The molecule has 0 spiro atoms. The van der Waals surface area contributed by atoms with Gasteiger partial charge in [-0.1, -0.05) is 48.9 Å². The molecule has 0 aliphatic rings. The summed E-state index contributed by atoms with van der Waals surface area (Å²) in [6.07, 6.45) is -0.528. The molecule has 1 aromatic heterocycles. The van der Waals surface area contributed by atoms with Crippen LogP contribution < -0.4 is 10.1 Å². The highest BCUT2D eigenvalue weighted by Crippen LogP contribution is 2.25. The van der Waals surface area contributed by atoms with E-state index in [0.717, 1.165) is 11.1 Å². The molecule has 6 nitrogen and oxygen atoms in total. The lowest BCUT2D eigenvalue weighted by Gasteiger charge is -2.17. The molecule has 2 aromatic carbocycles. The average Bonchev–Trinajstić information content (AvgIpc) is 3.09. The molecule has 1 amide bonds. The Kier molecular flexibility index (Phi) is 5.26. The highest BCUT2D eigenvalue weighted by Gasteiger charge is 2.23. The minimum Gasteiger partial charge on any atom is -0.478 e. The van der Waals surface area contributed by atoms with Crippen molar-refractivity contribution in [3.8, 4) is 17.0 Å². The summed E-state index contributed by atoms with van der Waals surface area (Å²) < 4.78 is 24.0. The van der Waals surface area contributed by atoms with Crippen LogP contribution in [0, 0.1) is 12.7 Å². The normalized spacial score (nSPS) is 11.8. The highest BCUT2D eigenvalue weighted by atomic mass is 19.1. The number of carbonyl (C=O) groups excluding carboxylic acids is 1. The Morgan fingerprint density at radius 1 is 1.19 bits per heavy atom. The van der Waals surface area contributed by atoms with Crippen molar-refractivity contribution in [3.05, 3.63) is 59.9 Å². The fourth-order valence-electron chi connectivity index (χ4n) is 2.38. The summed E-state index contributed by atoms with van der Waals surface area (Å²) >= 11 is 0. The maximum absolute atomic E-state index is 13.8. The number of nitrogens with zero attached hydrogens (tertiary/aromatic N) is 2. The predicted octanol–water partition coefficient (Wildman–Crippen LogP) is 3.98. The number of ether oxygens (including phenoxy) is 1. The second-order valence-corrected chi connectivity index (χ2v) is 5.76. The molecule has 7 heteroatoms. The summed E-state index contributed by atoms with van der Waals surface area (Å²) in [5.41, 5.74) is 2.27. The van der Waals surface area contributed by atoms with Crippen LogP contribution in [0.15, 0.2) is 53.2 Å². The molecule has 3 rings (SSSR count). The molecule has 1 atom stereocenters. The molecule has 0 saturated heterocycles. The monoisotopic (exact) mass is 355 g/mol. The lowest BCUT2D eigenvalue weighted by atomic mass is 10.1. The number of nitrogens with one attached hydrogen (secondary N) is 1. The lowest BCUT2D eigenvalue weighted by Crippen LogP contribution is -2.32. The van der Waals surface area contributed by atoms with Crippen LogP contribution in [0.25, 0.3) is 11.3 Å². The van der Waals surface area contributed by atoms with Gasteiger partial charge in [0.05, 0.1) is 0 Å². The Balaban J connectivity index is 1.76. The number of hydrogen-bond acceptors (Lipinski definition) is 5. The molecule has 0 aliphatic carbocycles. The molecular weight excluding hydrogens is 337 g/mol. The summed E-state index contributed by atoms with van der Waals surface area (Å²) in [6.45, 7) is 3.74. The van der Waals surface area contributed by atoms with E-state index in [0.29, 0.717) is 12.1 Å². The Hall–Kier alpha value is -3.22. The van der Waals surface area contributed by atoms with Gasteiger partial charge in [0.15, 0.2) is 23.4 Å². The van der Waals surface area contributed by atoms with Gasteiger partial charge in [-0.05, 0) is 35.8 Å².